The lowest BCUT2D eigenvalue weighted by Crippen LogP contribution is -2.41. The Morgan fingerprint density at radius 1 is 1.24 bits per heavy atom. The summed E-state index contributed by atoms with van der Waals surface area (Å²) in [7, 11) is 3.97. The average Bonchev–Trinajstić information content (AvgIpc) is 2.32. The highest BCUT2D eigenvalue weighted by atomic mass is 127. The van der Waals surface area contributed by atoms with Gasteiger partial charge in [0.25, 0.3) is 0 Å². The standard InChI is InChI=1S/C13H29N3.HI/c1-6-9-10-16(5)13(14-4)15-11-12(7-2)8-3;/h12H,6-11H2,1-5H3,(H,14,15);1H. The molecule has 0 aromatic rings. The normalized spacial score (nSPS) is 11.3. The largest absolute Gasteiger partial charge is 0.356 e. The van der Waals surface area contributed by atoms with E-state index in [-0.39, 0.29) is 24.0 Å². The van der Waals surface area contributed by atoms with Gasteiger partial charge in [-0.05, 0) is 12.3 Å². The van der Waals surface area contributed by atoms with Crippen molar-refractivity contribution in [2.75, 3.05) is 27.2 Å². The van der Waals surface area contributed by atoms with Gasteiger partial charge in [-0.15, -0.1) is 24.0 Å². The van der Waals surface area contributed by atoms with Crippen LogP contribution in [0.15, 0.2) is 4.99 Å². The molecular weight excluding hydrogens is 325 g/mol. The zero-order valence-electron chi connectivity index (χ0n) is 12.1. The van der Waals surface area contributed by atoms with E-state index in [1.165, 1.54) is 25.7 Å². The number of nitrogens with one attached hydrogen (secondary N) is 1. The first kappa shape index (κ1) is 19.3. The molecule has 0 unspecified atom stereocenters. The van der Waals surface area contributed by atoms with Crippen molar-refractivity contribution in [2.24, 2.45) is 10.9 Å². The third-order valence-corrected chi connectivity index (χ3v) is 3.12. The Labute approximate surface area is 124 Å². The second-order valence-corrected chi connectivity index (χ2v) is 4.39. The predicted octanol–water partition coefficient (Wildman–Crippen LogP) is 3.35. The van der Waals surface area contributed by atoms with E-state index < -0.39 is 0 Å². The van der Waals surface area contributed by atoms with Crippen LogP contribution in [-0.4, -0.2) is 38.0 Å². The summed E-state index contributed by atoms with van der Waals surface area (Å²) in [5, 5.41) is 3.46. The summed E-state index contributed by atoms with van der Waals surface area (Å²) in [6.07, 6.45) is 4.93. The lowest BCUT2D eigenvalue weighted by atomic mass is 10.0. The van der Waals surface area contributed by atoms with Crippen LogP contribution in [0.3, 0.4) is 0 Å². The molecule has 0 rings (SSSR count). The van der Waals surface area contributed by atoms with E-state index in [1.54, 1.807) is 0 Å². The summed E-state index contributed by atoms with van der Waals surface area (Å²) in [4.78, 5) is 6.53. The van der Waals surface area contributed by atoms with Crippen molar-refractivity contribution >= 4 is 29.9 Å². The van der Waals surface area contributed by atoms with Crippen LogP contribution in [0.5, 0.6) is 0 Å². The van der Waals surface area contributed by atoms with Crippen molar-refractivity contribution in [1.29, 1.82) is 0 Å². The topological polar surface area (TPSA) is 27.6 Å². The molecule has 104 valence electrons. The molecule has 0 aliphatic carbocycles. The van der Waals surface area contributed by atoms with E-state index in [1.807, 2.05) is 7.05 Å². The van der Waals surface area contributed by atoms with Crippen molar-refractivity contribution < 1.29 is 0 Å². The summed E-state index contributed by atoms with van der Waals surface area (Å²) in [6, 6.07) is 0. The van der Waals surface area contributed by atoms with Crippen molar-refractivity contribution in [1.82, 2.24) is 10.2 Å². The van der Waals surface area contributed by atoms with E-state index in [4.69, 9.17) is 0 Å². The van der Waals surface area contributed by atoms with Gasteiger partial charge in [-0.1, -0.05) is 40.0 Å². The van der Waals surface area contributed by atoms with Crippen molar-refractivity contribution in [3.63, 3.8) is 0 Å². The molecule has 4 heteroatoms. The molecule has 0 aromatic carbocycles. The van der Waals surface area contributed by atoms with Crippen LogP contribution in [0.25, 0.3) is 0 Å². The summed E-state index contributed by atoms with van der Waals surface area (Å²) < 4.78 is 0. The van der Waals surface area contributed by atoms with E-state index >= 15 is 0 Å². The van der Waals surface area contributed by atoms with Gasteiger partial charge in [-0.2, -0.15) is 0 Å². The van der Waals surface area contributed by atoms with E-state index in [0.717, 1.165) is 25.0 Å². The molecule has 1 N–H and O–H groups in total. The second kappa shape index (κ2) is 12.5. The average molecular weight is 355 g/mol. The van der Waals surface area contributed by atoms with Gasteiger partial charge in [-0.3, -0.25) is 4.99 Å². The fourth-order valence-corrected chi connectivity index (χ4v) is 1.70. The first-order valence-electron chi connectivity index (χ1n) is 6.61. The molecule has 0 aliphatic heterocycles. The maximum absolute atomic E-state index is 4.31. The maximum atomic E-state index is 4.31. The molecule has 3 nitrogen and oxygen atoms in total. The molecule has 0 atom stereocenters. The maximum Gasteiger partial charge on any atom is 0.193 e. The summed E-state index contributed by atoms with van der Waals surface area (Å²) in [5.74, 6) is 1.79. The Balaban J connectivity index is 0. The molecule has 0 heterocycles. The molecule has 0 amide bonds. The number of hydrogen-bond donors (Lipinski definition) is 1. The number of guanidine groups is 1. The third-order valence-electron chi connectivity index (χ3n) is 3.12. The quantitative estimate of drug-likeness (QED) is 0.431. The van der Waals surface area contributed by atoms with Crippen LogP contribution in [0, 0.1) is 5.92 Å². The number of halogens is 1. The van der Waals surface area contributed by atoms with Crippen LogP contribution < -0.4 is 5.32 Å². The van der Waals surface area contributed by atoms with Crippen LogP contribution >= 0.6 is 24.0 Å². The highest BCUT2D eigenvalue weighted by Crippen LogP contribution is 2.05. The van der Waals surface area contributed by atoms with E-state index in [2.05, 4.69) is 43.0 Å². The molecule has 0 bridgehead atoms. The van der Waals surface area contributed by atoms with Crippen molar-refractivity contribution in [3.8, 4) is 0 Å². The van der Waals surface area contributed by atoms with E-state index in [0.29, 0.717) is 0 Å². The zero-order valence-corrected chi connectivity index (χ0v) is 14.5. The molecule has 0 fully saturated rings. The van der Waals surface area contributed by atoms with Crippen LogP contribution in [0.4, 0.5) is 0 Å². The highest BCUT2D eigenvalue weighted by Gasteiger charge is 2.07. The fraction of sp³-hybridized carbons (Fsp3) is 0.923. The minimum atomic E-state index is 0. The number of unbranched alkanes of at least 4 members (excludes halogenated alkanes) is 1. The molecule has 0 aliphatic rings. The third kappa shape index (κ3) is 8.69. The molecule has 17 heavy (non-hydrogen) atoms. The SMILES string of the molecule is CCCCN(C)C(=NC)NCC(CC)CC.I. The molecule has 0 radical (unpaired) electrons. The molecule has 0 saturated heterocycles. The molecule has 0 saturated carbocycles. The summed E-state index contributed by atoms with van der Waals surface area (Å²) in [6.45, 7) is 8.84. The number of rotatable bonds is 7. The fourth-order valence-electron chi connectivity index (χ4n) is 1.70. The minimum Gasteiger partial charge on any atom is -0.356 e. The minimum absolute atomic E-state index is 0. The first-order chi connectivity index (χ1) is 7.69. The van der Waals surface area contributed by atoms with Crippen molar-refractivity contribution in [2.45, 2.75) is 46.5 Å². The van der Waals surface area contributed by atoms with Crippen molar-refractivity contribution in [3.05, 3.63) is 0 Å². The van der Waals surface area contributed by atoms with Gasteiger partial charge in [0.2, 0.25) is 0 Å². The van der Waals surface area contributed by atoms with Gasteiger partial charge in [-0.25, -0.2) is 0 Å². The lowest BCUT2D eigenvalue weighted by molar-refractivity contribution is 0.436. The van der Waals surface area contributed by atoms with Gasteiger partial charge < -0.3 is 10.2 Å². The number of aliphatic imine (C=N–C) groups is 1. The predicted molar refractivity (Wildman–Crippen MR) is 88.4 cm³/mol. The molecule has 0 spiro atoms. The second-order valence-electron chi connectivity index (χ2n) is 4.39. The Morgan fingerprint density at radius 3 is 2.24 bits per heavy atom. The molecular formula is C13H30IN3. The lowest BCUT2D eigenvalue weighted by Gasteiger charge is -2.23. The van der Waals surface area contributed by atoms with Crippen LogP contribution in [-0.2, 0) is 0 Å². The monoisotopic (exact) mass is 355 g/mol. The van der Waals surface area contributed by atoms with Gasteiger partial charge in [0, 0.05) is 27.2 Å². The molecule has 0 aromatic heterocycles. The number of nitrogens with zero attached hydrogens (tertiary/aromatic N) is 2. The van der Waals surface area contributed by atoms with Crippen LogP contribution in [0.2, 0.25) is 0 Å². The Kier molecular flexibility index (Phi) is 14.2. The first-order valence-corrected chi connectivity index (χ1v) is 6.61. The van der Waals surface area contributed by atoms with E-state index in [9.17, 15) is 0 Å². The van der Waals surface area contributed by atoms with Gasteiger partial charge in [0.15, 0.2) is 5.96 Å². The van der Waals surface area contributed by atoms with Gasteiger partial charge >= 0.3 is 0 Å². The van der Waals surface area contributed by atoms with Gasteiger partial charge in [0.1, 0.15) is 0 Å². The summed E-state index contributed by atoms with van der Waals surface area (Å²) >= 11 is 0. The Morgan fingerprint density at radius 2 is 1.82 bits per heavy atom. The Bertz CT molecular complexity index is 191. The summed E-state index contributed by atoms with van der Waals surface area (Å²) in [5.41, 5.74) is 0. The van der Waals surface area contributed by atoms with Crippen LogP contribution in [0.1, 0.15) is 46.5 Å². The Hall–Kier alpha value is 0. The smallest absolute Gasteiger partial charge is 0.193 e. The van der Waals surface area contributed by atoms with Gasteiger partial charge in [0.05, 0.1) is 0 Å². The highest BCUT2D eigenvalue weighted by molar-refractivity contribution is 14.0. The zero-order chi connectivity index (χ0) is 12.4. The number of hydrogen-bond acceptors (Lipinski definition) is 1.